The number of anilines is 2. The molecule has 0 spiro atoms. The Morgan fingerprint density at radius 2 is 1.49 bits per heavy atom. The van der Waals surface area contributed by atoms with Crippen LogP contribution in [-0.4, -0.2) is 24.1 Å². The predicted molar refractivity (Wildman–Crippen MR) is 173 cm³/mol. The van der Waals surface area contributed by atoms with E-state index >= 15 is 0 Å². The number of thiophene rings is 1. The highest BCUT2D eigenvalue weighted by molar-refractivity contribution is 7.17. The molecule has 0 atom stereocenters. The molecule has 0 bridgehead atoms. The minimum absolute atomic E-state index is 0.0973. The molecular formula is C37H30N2O3S. The first-order chi connectivity index (χ1) is 21.0. The zero-order valence-electron chi connectivity index (χ0n) is 23.6. The Morgan fingerprint density at radius 1 is 0.791 bits per heavy atom. The van der Waals surface area contributed by atoms with E-state index < -0.39 is 0 Å². The minimum Gasteiger partial charge on any atom is -0.322 e. The van der Waals surface area contributed by atoms with Crippen LogP contribution in [0.15, 0.2) is 109 Å². The van der Waals surface area contributed by atoms with Gasteiger partial charge in [-0.1, -0.05) is 66.7 Å². The molecule has 5 aromatic rings. The van der Waals surface area contributed by atoms with Gasteiger partial charge in [0.1, 0.15) is 0 Å². The van der Waals surface area contributed by atoms with E-state index in [4.69, 9.17) is 0 Å². The Hall–Kier alpha value is -4.81. The van der Waals surface area contributed by atoms with Crippen LogP contribution in [0.2, 0.25) is 0 Å². The SMILES string of the molecule is O=C(CC1CC1)c1cc2c(s1)-c1ccccc1N(C(=O)c1ccc(NC(=O)c3ccccc3-c3ccccc3)cc1)CC2. The largest absolute Gasteiger partial charge is 0.322 e. The molecule has 1 saturated carbocycles. The number of fused-ring (bicyclic) bond motifs is 3. The van der Waals surface area contributed by atoms with Crippen molar-refractivity contribution in [2.75, 3.05) is 16.8 Å². The number of amides is 2. The van der Waals surface area contributed by atoms with E-state index in [1.54, 1.807) is 35.6 Å². The monoisotopic (exact) mass is 582 g/mol. The van der Waals surface area contributed by atoms with Crippen molar-refractivity contribution in [3.8, 4) is 21.6 Å². The van der Waals surface area contributed by atoms with Crippen molar-refractivity contribution < 1.29 is 14.4 Å². The predicted octanol–water partition coefficient (Wildman–Crippen LogP) is 8.52. The molecule has 212 valence electrons. The molecule has 1 aromatic heterocycles. The van der Waals surface area contributed by atoms with Gasteiger partial charge in [-0.2, -0.15) is 0 Å². The van der Waals surface area contributed by atoms with Gasteiger partial charge >= 0.3 is 0 Å². The number of benzene rings is 4. The molecule has 0 radical (unpaired) electrons. The van der Waals surface area contributed by atoms with Crippen LogP contribution < -0.4 is 10.2 Å². The Bertz CT molecular complexity index is 1840. The van der Waals surface area contributed by atoms with E-state index in [0.29, 0.717) is 42.1 Å². The second-order valence-electron chi connectivity index (χ2n) is 11.2. The maximum Gasteiger partial charge on any atom is 0.258 e. The van der Waals surface area contributed by atoms with Crippen LogP contribution in [0.5, 0.6) is 0 Å². The Morgan fingerprint density at radius 3 is 2.26 bits per heavy atom. The van der Waals surface area contributed by atoms with Crippen LogP contribution in [0.4, 0.5) is 11.4 Å². The van der Waals surface area contributed by atoms with Gasteiger partial charge in [0.2, 0.25) is 0 Å². The summed E-state index contributed by atoms with van der Waals surface area (Å²) < 4.78 is 0. The van der Waals surface area contributed by atoms with Crippen LogP contribution in [0.1, 0.15) is 55.2 Å². The summed E-state index contributed by atoms with van der Waals surface area (Å²) in [4.78, 5) is 43.7. The number of nitrogens with one attached hydrogen (secondary N) is 1. The summed E-state index contributed by atoms with van der Waals surface area (Å²) in [5, 5.41) is 2.99. The number of para-hydroxylation sites is 1. The fraction of sp³-hybridized carbons (Fsp3) is 0.162. The third-order valence-electron chi connectivity index (χ3n) is 8.19. The summed E-state index contributed by atoms with van der Waals surface area (Å²) in [6.45, 7) is 0.518. The summed E-state index contributed by atoms with van der Waals surface area (Å²) >= 11 is 1.56. The molecule has 0 unspecified atom stereocenters. The van der Waals surface area contributed by atoms with Crippen LogP contribution in [0.25, 0.3) is 21.6 Å². The number of nitrogens with zero attached hydrogens (tertiary/aromatic N) is 1. The number of carbonyl (C=O) groups is 3. The second kappa shape index (κ2) is 11.5. The molecule has 7 rings (SSSR count). The number of hydrogen-bond acceptors (Lipinski definition) is 4. The highest BCUT2D eigenvalue weighted by atomic mass is 32.1. The van der Waals surface area contributed by atoms with Crippen LogP contribution in [-0.2, 0) is 6.42 Å². The zero-order chi connectivity index (χ0) is 29.3. The molecule has 2 heterocycles. The minimum atomic E-state index is -0.207. The molecule has 5 nitrogen and oxygen atoms in total. The van der Waals surface area contributed by atoms with Gasteiger partial charge in [-0.3, -0.25) is 14.4 Å². The third-order valence-corrected chi connectivity index (χ3v) is 9.44. The van der Waals surface area contributed by atoms with E-state index in [9.17, 15) is 14.4 Å². The summed E-state index contributed by atoms with van der Waals surface area (Å²) in [7, 11) is 0. The summed E-state index contributed by atoms with van der Waals surface area (Å²) in [6.07, 6.45) is 3.64. The zero-order valence-corrected chi connectivity index (χ0v) is 24.4. The number of carbonyl (C=O) groups excluding carboxylic acids is 3. The molecule has 2 amide bonds. The van der Waals surface area contributed by atoms with Gasteiger partial charge in [-0.15, -0.1) is 11.3 Å². The van der Waals surface area contributed by atoms with Gasteiger partial charge in [0, 0.05) is 40.2 Å². The quantitative estimate of drug-likeness (QED) is 0.196. The number of hydrogen-bond donors (Lipinski definition) is 1. The number of rotatable bonds is 7. The highest BCUT2D eigenvalue weighted by Gasteiger charge is 2.29. The first-order valence-corrected chi connectivity index (χ1v) is 15.5. The Kier molecular flexibility index (Phi) is 7.21. The van der Waals surface area contributed by atoms with Crippen molar-refractivity contribution in [3.63, 3.8) is 0 Å². The van der Waals surface area contributed by atoms with Crippen LogP contribution in [0.3, 0.4) is 0 Å². The lowest BCUT2D eigenvalue weighted by Gasteiger charge is -2.23. The first-order valence-electron chi connectivity index (χ1n) is 14.7. The van der Waals surface area contributed by atoms with Crippen molar-refractivity contribution in [3.05, 3.63) is 131 Å². The van der Waals surface area contributed by atoms with E-state index in [2.05, 4.69) is 5.32 Å². The molecule has 0 saturated heterocycles. The van der Waals surface area contributed by atoms with E-state index in [1.807, 2.05) is 89.8 Å². The van der Waals surface area contributed by atoms with Gasteiger partial charge in [0.25, 0.3) is 11.8 Å². The number of Topliss-reactive ketones (excluding diaryl/α,β-unsaturated/α-hetero) is 1. The average molecular weight is 583 g/mol. The molecule has 43 heavy (non-hydrogen) atoms. The van der Waals surface area contributed by atoms with E-state index in [0.717, 1.165) is 50.5 Å². The smallest absolute Gasteiger partial charge is 0.258 e. The fourth-order valence-corrected chi connectivity index (χ4v) is 6.92. The van der Waals surface area contributed by atoms with Gasteiger partial charge in [0.05, 0.1) is 10.6 Å². The molecule has 6 heteroatoms. The fourth-order valence-electron chi connectivity index (χ4n) is 5.73. The van der Waals surface area contributed by atoms with Crippen LogP contribution in [0, 0.1) is 5.92 Å². The molecule has 4 aromatic carbocycles. The maximum absolute atomic E-state index is 13.8. The van der Waals surface area contributed by atoms with Crippen molar-refractivity contribution in [1.82, 2.24) is 0 Å². The lowest BCUT2D eigenvalue weighted by molar-refractivity contribution is 0.0974. The molecule has 1 aliphatic carbocycles. The summed E-state index contributed by atoms with van der Waals surface area (Å²) in [5.41, 5.74) is 6.54. The van der Waals surface area contributed by atoms with Crippen LogP contribution >= 0.6 is 11.3 Å². The topological polar surface area (TPSA) is 66.5 Å². The first kappa shape index (κ1) is 27.0. The van der Waals surface area contributed by atoms with E-state index in [1.165, 1.54) is 0 Å². The van der Waals surface area contributed by atoms with Crippen molar-refractivity contribution in [1.29, 1.82) is 0 Å². The van der Waals surface area contributed by atoms with Crippen molar-refractivity contribution in [2.24, 2.45) is 5.92 Å². The third kappa shape index (κ3) is 5.54. The standard InChI is InChI=1S/C37H30N2O3S/c40-33(22-24-14-15-24)34-23-27-20-21-39(32-13-7-6-12-31(32)35(27)43-34)37(42)26-16-18-28(19-17-26)38-36(41)30-11-5-4-10-29(30)25-8-2-1-3-9-25/h1-13,16-19,23-24H,14-15,20-22H2,(H,38,41). The Balaban J connectivity index is 1.10. The lowest BCUT2D eigenvalue weighted by Crippen LogP contribution is -2.32. The van der Waals surface area contributed by atoms with Gasteiger partial charge < -0.3 is 10.2 Å². The second-order valence-corrected chi connectivity index (χ2v) is 12.3. The molecule has 2 aliphatic rings. The normalized spacial score (nSPS) is 13.9. The van der Waals surface area contributed by atoms with Gasteiger partial charge in [-0.25, -0.2) is 0 Å². The summed E-state index contributed by atoms with van der Waals surface area (Å²) in [5.74, 6) is 0.488. The van der Waals surface area contributed by atoms with Gasteiger partial charge in [0.15, 0.2) is 5.78 Å². The van der Waals surface area contributed by atoms with Gasteiger partial charge in [-0.05, 0) is 84.3 Å². The number of ketones is 1. The molecule has 1 aliphatic heterocycles. The van der Waals surface area contributed by atoms with Crippen molar-refractivity contribution >= 4 is 40.3 Å². The lowest BCUT2D eigenvalue weighted by atomic mass is 9.99. The average Bonchev–Trinajstić information content (AvgIpc) is 3.79. The Labute approximate surface area is 254 Å². The molecule has 1 N–H and O–H groups in total. The maximum atomic E-state index is 13.8. The van der Waals surface area contributed by atoms with Crippen molar-refractivity contribution in [2.45, 2.75) is 25.7 Å². The van der Waals surface area contributed by atoms with E-state index in [-0.39, 0.29) is 17.6 Å². The molecular weight excluding hydrogens is 552 g/mol. The summed E-state index contributed by atoms with van der Waals surface area (Å²) in [6, 6.07) is 34.4. The molecule has 1 fully saturated rings. The highest BCUT2D eigenvalue weighted by Crippen LogP contribution is 2.43.